The summed E-state index contributed by atoms with van der Waals surface area (Å²) in [4.78, 5) is 37.6. The van der Waals surface area contributed by atoms with E-state index in [4.69, 9.17) is 18.9 Å². The monoisotopic (exact) mass is 1200 g/mol. The first kappa shape index (κ1) is 82.8. The standard InChI is InChI=1S/C76H145NO8/c1-6-8-10-12-14-16-18-20-22-24-26-28-29-30-31-32-33-34-35-36-37-38-39-40-41-42-43-44-45-47-49-51-53-55-57-59-61-63-65-67-74(79)85-72(71-84-76(75(80)81)82-69-68-77(3,4)5)70-83-73(78)66-64-62-60-58-56-54-52-50-48-46-27-25-23-21-19-17-15-13-11-9-7-2/h18,20,24,26,72,76H,6-17,19,21-23,25,27-71H2,1-5H3/p+1/b20-18-,26-24-. The van der Waals surface area contributed by atoms with E-state index >= 15 is 0 Å². The summed E-state index contributed by atoms with van der Waals surface area (Å²) in [6, 6.07) is 0. The number of rotatable bonds is 71. The highest BCUT2D eigenvalue weighted by molar-refractivity contribution is 5.71. The predicted molar refractivity (Wildman–Crippen MR) is 364 cm³/mol. The number of esters is 2. The third-order valence-corrected chi connectivity index (χ3v) is 17.2. The zero-order chi connectivity index (χ0) is 61.9. The normalized spacial score (nSPS) is 12.7. The van der Waals surface area contributed by atoms with Gasteiger partial charge in [0.05, 0.1) is 34.4 Å². The zero-order valence-corrected chi connectivity index (χ0v) is 57.6. The average Bonchev–Trinajstić information content (AvgIpc) is 3.49. The van der Waals surface area contributed by atoms with Gasteiger partial charge in [0.2, 0.25) is 0 Å². The van der Waals surface area contributed by atoms with Crippen molar-refractivity contribution in [2.45, 2.75) is 399 Å². The van der Waals surface area contributed by atoms with Crippen LogP contribution in [0.1, 0.15) is 386 Å². The Hall–Kier alpha value is -2.23. The number of carboxylic acid groups (broad SMARTS) is 1. The van der Waals surface area contributed by atoms with Crippen LogP contribution in [0.3, 0.4) is 0 Å². The Morgan fingerprint density at radius 3 is 0.929 bits per heavy atom. The lowest BCUT2D eigenvalue weighted by molar-refractivity contribution is -0.870. The van der Waals surface area contributed by atoms with Gasteiger partial charge in [0.25, 0.3) is 6.29 Å². The molecule has 9 nitrogen and oxygen atoms in total. The van der Waals surface area contributed by atoms with Gasteiger partial charge < -0.3 is 28.5 Å². The van der Waals surface area contributed by atoms with Crippen LogP contribution in [0.2, 0.25) is 0 Å². The third kappa shape index (κ3) is 69.1. The highest BCUT2D eigenvalue weighted by Gasteiger charge is 2.25. The van der Waals surface area contributed by atoms with Crippen molar-refractivity contribution in [2.24, 2.45) is 0 Å². The number of hydrogen-bond donors (Lipinski definition) is 1. The first-order chi connectivity index (χ1) is 41.6. The van der Waals surface area contributed by atoms with Gasteiger partial charge in [-0.2, -0.15) is 0 Å². The molecule has 0 aromatic rings. The third-order valence-electron chi connectivity index (χ3n) is 17.2. The molecule has 0 fully saturated rings. The van der Waals surface area contributed by atoms with E-state index in [0.29, 0.717) is 17.4 Å². The van der Waals surface area contributed by atoms with E-state index in [-0.39, 0.29) is 38.2 Å². The summed E-state index contributed by atoms with van der Waals surface area (Å²) in [5, 5.41) is 9.75. The Balaban J connectivity index is 3.94. The fraction of sp³-hybridized carbons (Fsp3) is 0.908. The molecule has 2 unspecified atom stereocenters. The van der Waals surface area contributed by atoms with Gasteiger partial charge in [0.15, 0.2) is 6.10 Å². The Kier molecular flexibility index (Phi) is 65.9. The van der Waals surface area contributed by atoms with Crippen LogP contribution in [-0.4, -0.2) is 87.4 Å². The van der Waals surface area contributed by atoms with Gasteiger partial charge in [-0.25, -0.2) is 4.79 Å². The summed E-state index contributed by atoms with van der Waals surface area (Å²) in [6.07, 6.45) is 81.8. The minimum Gasteiger partial charge on any atom is -0.477 e. The van der Waals surface area contributed by atoms with Crippen molar-refractivity contribution in [3.8, 4) is 0 Å². The summed E-state index contributed by atoms with van der Waals surface area (Å²) < 4.78 is 23.0. The van der Waals surface area contributed by atoms with E-state index in [0.717, 1.165) is 44.9 Å². The lowest BCUT2D eigenvalue weighted by Gasteiger charge is -2.25. The quantitative estimate of drug-likeness (QED) is 0.0211. The lowest BCUT2D eigenvalue weighted by atomic mass is 10.0. The van der Waals surface area contributed by atoms with E-state index < -0.39 is 18.4 Å². The summed E-state index contributed by atoms with van der Waals surface area (Å²) in [5.41, 5.74) is 0. The van der Waals surface area contributed by atoms with Gasteiger partial charge in [-0.15, -0.1) is 0 Å². The first-order valence-electron chi connectivity index (χ1n) is 37.5. The largest absolute Gasteiger partial charge is 0.477 e. The van der Waals surface area contributed by atoms with Crippen molar-refractivity contribution >= 4 is 17.9 Å². The Labute approximate surface area is 528 Å². The first-order valence-corrected chi connectivity index (χ1v) is 37.5. The molecule has 0 bridgehead atoms. The number of carboxylic acids is 1. The molecule has 0 aliphatic rings. The molecular weight excluding hydrogens is 1050 g/mol. The molecular formula is C76H146NO8+. The maximum Gasteiger partial charge on any atom is 0.361 e. The fourth-order valence-corrected chi connectivity index (χ4v) is 11.5. The number of carbonyl (C=O) groups excluding carboxylic acids is 2. The highest BCUT2D eigenvalue weighted by atomic mass is 16.7. The van der Waals surface area contributed by atoms with Crippen LogP contribution in [0.5, 0.6) is 0 Å². The molecule has 0 aromatic carbocycles. The number of nitrogens with zero attached hydrogens (tertiary/aromatic N) is 1. The smallest absolute Gasteiger partial charge is 0.361 e. The molecule has 0 saturated heterocycles. The minimum atomic E-state index is -1.51. The molecule has 0 aliphatic carbocycles. The minimum absolute atomic E-state index is 0.173. The second kappa shape index (κ2) is 67.7. The number of hydrogen-bond acceptors (Lipinski definition) is 7. The van der Waals surface area contributed by atoms with Gasteiger partial charge >= 0.3 is 17.9 Å². The van der Waals surface area contributed by atoms with Gasteiger partial charge in [-0.05, 0) is 44.9 Å². The molecule has 9 heteroatoms. The molecule has 0 saturated carbocycles. The average molecular weight is 1200 g/mol. The molecule has 0 aromatic heterocycles. The number of likely N-dealkylation sites (N-methyl/N-ethyl adjacent to an activating group) is 1. The van der Waals surface area contributed by atoms with Crippen LogP contribution in [0.15, 0.2) is 24.3 Å². The number of carbonyl (C=O) groups is 3. The van der Waals surface area contributed by atoms with E-state index in [1.54, 1.807) is 0 Å². The molecule has 0 radical (unpaired) electrons. The van der Waals surface area contributed by atoms with Crippen molar-refractivity contribution in [3.05, 3.63) is 24.3 Å². The fourth-order valence-electron chi connectivity index (χ4n) is 11.5. The summed E-state index contributed by atoms with van der Waals surface area (Å²) in [5.74, 6) is -1.97. The van der Waals surface area contributed by atoms with Crippen molar-refractivity contribution < 1.29 is 42.9 Å². The Bertz CT molecular complexity index is 1440. The van der Waals surface area contributed by atoms with E-state index in [9.17, 15) is 19.5 Å². The predicted octanol–water partition coefficient (Wildman–Crippen LogP) is 23.4. The highest BCUT2D eigenvalue weighted by Crippen LogP contribution is 2.20. The summed E-state index contributed by atoms with van der Waals surface area (Å²) in [7, 11) is 6.00. The van der Waals surface area contributed by atoms with Crippen LogP contribution in [0, 0.1) is 0 Å². The van der Waals surface area contributed by atoms with Crippen LogP contribution in [0.4, 0.5) is 0 Å². The molecule has 1 N–H and O–H groups in total. The number of allylic oxidation sites excluding steroid dienone is 4. The van der Waals surface area contributed by atoms with Gasteiger partial charge in [0.1, 0.15) is 13.2 Å². The van der Waals surface area contributed by atoms with Crippen molar-refractivity contribution in [2.75, 3.05) is 47.5 Å². The zero-order valence-electron chi connectivity index (χ0n) is 57.6. The SMILES string of the molecule is CCCCCCC/C=C\C/C=C\CCCCCCCCCCCCCCCCCCCCCCCCCCCCCC(=O)OC(COC(=O)CCCCCCCCCCCCCCCCCCCCCCC)COC(OCC[N+](C)(C)C)C(=O)O. The Morgan fingerprint density at radius 1 is 0.353 bits per heavy atom. The van der Waals surface area contributed by atoms with Crippen molar-refractivity contribution in [1.29, 1.82) is 0 Å². The van der Waals surface area contributed by atoms with Gasteiger partial charge in [-0.1, -0.05) is 353 Å². The summed E-state index contributed by atoms with van der Waals surface area (Å²) >= 11 is 0. The van der Waals surface area contributed by atoms with Crippen LogP contribution in [0.25, 0.3) is 0 Å². The topological polar surface area (TPSA) is 108 Å². The van der Waals surface area contributed by atoms with Crippen molar-refractivity contribution in [3.63, 3.8) is 0 Å². The molecule has 0 aliphatic heterocycles. The van der Waals surface area contributed by atoms with Crippen LogP contribution < -0.4 is 0 Å². The van der Waals surface area contributed by atoms with Crippen LogP contribution >= 0.6 is 0 Å². The number of ether oxygens (including phenoxy) is 4. The molecule has 0 heterocycles. The second-order valence-electron chi connectivity index (χ2n) is 27.0. The lowest BCUT2D eigenvalue weighted by Crippen LogP contribution is -2.40. The van der Waals surface area contributed by atoms with Crippen LogP contribution in [-0.2, 0) is 33.3 Å². The number of unbranched alkanes of at least 4 members (excludes halogenated alkanes) is 52. The number of quaternary nitrogens is 1. The maximum absolute atomic E-state index is 13.0. The van der Waals surface area contributed by atoms with E-state index in [1.165, 1.54) is 315 Å². The molecule has 0 rings (SSSR count). The molecule has 0 amide bonds. The van der Waals surface area contributed by atoms with Crippen molar-refractivity contribution in [1.82, 2.24) is 0 Å². The molecule has 85 heavy (non-hydrogen) atoms. The molecule has 2 atom stereocenters. The van der Waals surface area contributed by atoms with E-state index in [2.05, 4.69) is 38.2 Å². The van der Waals surface area contributed by atoms with E-state index in [1.807, 2.05) is 21.1 Å². The molecule has 0 spiro atoms. The van der Waals surface area contributed by atoms with Gasteiger partial charge in [-0.3, -0.25) is 9.59 Å². The maximum atomic E-state index is 13.0. The Morgan fingerprint density at radius 2 is 0.635 bits per heavy atom. The van der Waals surface area contributed by atoms with Gasteiger partial charge in [0, 0.05) is 12.8 Å². The summed E-state index contributed by atoms with van der Waals surface area (Å²) in [6.45, 7) is 4.95. The molecule has 502 valence electrons. The second-order valence-corrected chi connectivity index (χ2v) is 27.0. The number of aliphatic carboxylic acids is 1.